The molecule has 2 heterocycles. The van der Waals surface area contributed by atoms with Crippen molar-refractivity contribution in [3.05, 3.63) is 71.4 Å². The van der Waals surface area contributed by atoms with E-state index in [0.29, 0.717) is 6.54 Å². The van der Waals surface area contributed by atoms with Crippen LogP contribution in [0.3, 0.4) is 0 Å². The number of aryl methyl sites for hydroxylation is 1. The SMILES string of the molecule is CCn1c(=O)[nH]c2cc3c(N(C)c4cccc5ccccc45)ncnc3cc21. The van der Waals surface area contributed by atoms with Crippen LogP contribution in [0.2, 0.25) is 0 Å². The minimum Gasteiger partial charge on any atom is -0.328 e. The molecule has 6 heteroatoms. The van der Waals surface area contributed by atoms with Gasteiger partial charge >= 0.3 is 5.69 Å². The molecular weight excluding hydrogens is 350 g/mol. The van der Waals surface area contributed by atoms with Gasteiger partial charge in [0.15, 0.2) is 0 Å². The molecule has 0 aliphatic heterocycles. The van der Waals surface area contributed by atoms with Gasteiger partial charge in [-0.15, -0.1) is 0 Å². The van der Waals surface area contributed by atoms with Crippen molar-refractivity contribution in [2.24, 2.45) is 0 Å². The Labute approximate surface area is 161 Å². The van der Waals surface area contributed by atoms with E-state index < -0.39 is 0 Å². The Hall–Kier alpha value is -3.67. The molecular formula is C22H19N5O. The number of aromatic nitrogens is 4. The zero-order valence-electron chi connectivity index (χ0n) is 15.7. The lowest BCUT2D eigenvalue weighted by Crippen LogP contribution is -2.15. The highest BCUT2D eigenvalue weighted by Crippen LogP contribution is 2.34. The highest BCUT2D eigenvalue weighted by atomic mass is 16.1. The highest BCUT2D eigenvalue weighted by molar-refractivity contribution is 6.02. The smallest absolute Gasteiger partial charge is 0.326 e. The predicted octanol–water partition coefficient (Wildman–Crippen LogP) is 4.21. The average molecular weight is 369 g/mol. The summed E-state index contributed by atoms with van der Waals surface area (Å²) in [5.74, 6) is 0.799. The molecule has 0 unspecified atom stereocenters. The molecule has 0 radical (unpaired) electrons. The average Bonchev–Trinajstić information content (AvgIpc) is 3.04. The molecule has 0 saturated carbocycles. The molecule has 0 fully saturated rings. The van der Waals surface area contributed by atoms with Crippen molar-refractivity contribution < 1.29 is 0 Å². The van der Waals surface area contributed by atoms with Crippen molar-refractivity contribution >= 4 is 44.2 Å². The lowest BCUT2D eigenvalue weighted by molar-refractivity contribution is 0.753. The van der Waals surface area contributed by atoms with Gasteiger partial charge in [0.25, 0.3) is 0 Å². The van der Waals surface area contributed by atoms with Crippen molar-refractivity contribution in [1.29, 1.82) is 0 Å². The van der Waals surface area contributed by atoms with E-state index >= 15 is 0 Å². The summed E-state index contributed by atoms with van der Waals surface area (Å²) in [5, 5.41) is 3.23. The first-order valence-electron chi connectivity index (χ1n) is 9.26. The fraction of sp³-hybridized carbons (Fsp3) is 0.136. The molecule has 28 heavy (non-hydrogen) atoms. The number of imidazole rings is 1. The van der Waals surface area contributed by atoms with Gasteiger partial charge in [-0.1, -0.05) is 36.4 Å². The predicted molar refractivity (Wildman–Crippen MR) is 113 cm³/mol. The first-order chi connectivity index (χ1) is 13.7. The first kappa shape index (κ1) is 16.5. The normalized spacial score (nSPS) is 11.5. The van der Waals surface area contributed by atoms with E-state index in [-0.39, 0.29) is 5.69 Å². The Morgan fingerprint density at radius 3 is 2.71 bits per heavy atom. The van der Waals surface area contributed by atoms with Crippen LogP contribution in [0.1, 0.15) is 6.92 Å². The molecule has 138 valence electrons. The van der Waals surface area contributed by atoms with E-state index in [1.165, 1.54) is 5.39 Å². The van der Waals surface area contributed by atoms with E-state index in [2.05, 4.69) is 50.2 Å². The molecule has 1 N–H and O–H groups in total. The largest absolute Gasteiger partial charge is 0.328 e. The number of anilines is 2. The number of aromatic amines is 1. The van der Waals surface area contributed by atoms with E-state index in [1.807, 2.05) is 38.2 Å². The van der Waals surface area contributed by atoms with Crippen molar-refractivity contribution in [2.75, 3.05) is 11.9 Å². The van der Waals surface area contributed by atoms with Gasteiger partial charge < -0.3 is 9.88 Å². The molecule has 0 aliphatic rings. The Kier molecular flexibility index (Phi) is 3.65. The quantitative estimate of drug-likeness (QED) is 0.517. The van der Waals surface area contributed by atoms with Crippen molar-refractivity contribution in [3.63, 3.8) is 0 Å². The maximum absolute atomic E-state index is 12.2. The van der Waals surface area contributed by atoms with E-state index in [0.717, 1.165) is 38.8 Å². The number of benzene rings is 3. The third-order valence-electron chi connectivity index (χ3n) is 5.27. The number of hydrogen-bond donors (Lipinski definition) is 1. The van der Waals surface area contributed by atoms with E-state index in [1.54, 1.807) is 10.9 Å². The maximum Gasteiger partial charge on any atom is 0.326 e. The number of rotatable bonds is 3. The second-order valence-corrected chi connectivity index (χ2v) is 6.82. The maximum atomic E-state index is 12.2. The van der Waals surface area contributed by atoms with Crippen molar-refractivity contribution in [2.45, 2.75) is 13.5 Å². The summed E-state index contributed by atoms with van der Waals surface area (Å²) in [4.78, 5) is 26.2. The molecule has 3 aromatic carbocycles. The van der Waals surface area contributed by atoms with Gasteiger partial charge in [0, 0.05) is 30.1 Å². The minimum atomic E-state index is -0.107. The summed E-state index contributed by atoms with van der Waals surface area (Å²) < 4.78 is 1.71. The molecule has 0 saturated heterocycles. The summed E-state index contributed by atoms with van der Waals surface area (Å²) in [6.45, 7) is 2.57. The summed E-state index contributed by atoms with van der Waals surface area (Å²) in [6, 6.07) is 18.5. The van der Waals surface area contributed by atoms with Crippen LogP contribution in [0, 0.1) is 0 Å². The number of H-pyrrole nitrogens is 1. The van der Waals surface area contributed by atoms with Gasteiger partial charge in [-0.3, -0.25) is 4.57 Å². The lowest BCUT2D eigenvalue weighted by atomic mass is 10.1. The molecule has 5 rings (SSSR count). The first-order valence-corrected chi connectivity index (χ1v) is 9.26. The topological polar surface area (TPSA) is 66.8 Å². The standard InChI is InChI=1S/C22H19N5O/c1-3-27-20-12-17-16(11-18(20)25-22(27)28)21(24-13-23-17)26(2)19-10-6-8-14-7-4-5-9-15(14)19/h4-13H,3H2,1-2H3,(H,25,28). The van der Waals surface area contributed by atoms with Crippen LogP contribution in [0.15, 0.2) is 65.7 Å². The zero-order valence-corrected chi connectivity index (χ0v) is 15.7. The zero-order chi connectivity index (χ0) is 19.3. The van der Waals surface area contributed by atoms with Gasteiger partial charge in [0.1, 0.15) is 12.1 Å². The second kappa shape index (κ2) is 6.20. The molecule has 0 bridgehead atoms. The van der Waals surface area contributed by atoms with Crippen LogP contribution in [-0.2, 0) is 6.54 Å². The Morgan fingerprint density at radius 2 is 1.86 bits per heavy atom. The molecule has 0 atom stereocenters. The number of nitrogens with one attached hydrogen (secondary N) is 1. The highest BCUT2D eigenvalue weighted by Gasteiger charge is 2.15. The van der Waals surface area contributed by atoms with E-state index in [4.69, 9.17) is 0 Å². The van der Waals surface area contributed by atoms with Gasteiger partial charge in [-0.05, 0) is 30.5 Å². The van der Waals surface area contributed by atoms with Crippen LogP contribution in [0.5, 0.6) is 0 Å². The fourth-order valence-electron chi connectivity index (χ4n) is 3.89. The monoisotopic (exact) mass is 369 g/mol. The Bertz CT molecular complexity index is 1390. The molecule has 0 aliphatic carbocycles. The summed E-state index contributed by atoms with van der Waals surface area (Å²) in [7, 11) is 2.01. The lowest BCUT2D eigenvalue weighted by Gasteiger charge is -2.21. The number of fused-ring (bicyclic) bond motifs is 3. The molecule has 0 spiro atoms. The van der Waals surface area contributed by atoms with Crippen LogP contribution in [0.4, 0.5) is 11.5 Å². The van der Waals surface area contributed by atoms with Crippen LogP contribution < -0.4 is 10.6 Å². The molecule has 2 aromatic heterocycles. The van der Waals surface area contributed by atoms with Crippen LogP contribution >= 0.6 is 0 Å². The van der Waals surface area contributed by atoms with Gasteiger partial charge in [-0.2, -0.15) is 0 Å². The number of hydrogen-bond acceptors (Lipinski definition) is 4. The Morgan fingerprint density at radius 1 is 1.04 bits per heavy atom. The Balaban J connectivity index is 1.76. The molecule has 6 nitrogen and oxygen atoms in total. The van der Waals surface area contributed by atoms with Gasteiger partial charge in [-0.25, -0.2) is 14.8 Å². The number of nitrogens with zero attached hydrogens (tertiary/aromatic N) is 4. The van der Waals surface area contributed by atoms with Crippen molar-refractivity contribution in [3.8, 4) is 0 Å². The third-order valence-corrected chi connectivity index (χ3v) is 5.27. The molecule has 5 aromatic rings. The third kappa shape index (κ3) is 2.38. The summed E-state index contributed by atoms with van der Waals surface area (Å²) >= 11 is 0. The molecule has 0 amide bonds. The minimum absolute atomic E-state index is 0.107. The second-order valence-electron chi connectivity index (χ2n) is 6.82. The van der Waals surface area contributed by atoms with E-state index in [9.17, 15) is 4.79 Å². The summed E-state index contributed by atoms with van der Waals surface area (Å²) in [5.41, 5.74) is 3.42. The van der Waals surface area contributed by atoms with Crippen molar-refractivity contribution in [1.82, 2.24) is 19.5 Å². The van der Waals surface area contributed by atoms with Crippen LogP contribution in [0.25, 0.3) is 32.7 Å². The van der Waals surface area contributed by atoms with Crippen LogP contribution in [-0.4, -0.2) is 26.6 Å². The fourth-order valence-corrected chi connectivity index (χ4v) is 3.89. The van der Waals surface area contributed by atoms with Gasteiger partial charge in [0.2, 0.25) is 0 Å². The summed E-state index contributed by atoms with van der Waals surface area (Å²) in [6.07, 6.45) is 1.58. The van der Waals surface area contributed by atoms with Gasteiger partial charge in [0.05, 0.1) is 16.6 Å².